The van der Waals surface area contributed by atoms with Crippen LogP contribution in [0.5, 0.6) is 5.75 Å². The van der Waals surface area contributed by atoms with Crippen LogP contribution in [0.3, 0.4) is 0 Å². The number of nitrogens with one attached hydrogen (secondary N) is 1. The van der Waals surface area contributed by atoms with Gasteiger partial charge in [0.2, 0.25) is 0 Å². The number of carboxylic acids is 1. The number of ether oxygens (including phenoxy) is 2. The second kappa shape index (κ2) is 15.0. The Morgan fingerprint density at radius 2 is 1.98 bits per heavy atom. The number of carbonyl (C=O) groups is 1. The van der Waals surface area contributed by atoms with Crippen molar-refractivity contribution < 1.29 is 23.8 Å². The summed E-state index contributed by atoms with van der Waals surface area (Å²) >= 11 is 2.79. The fourth-order valence-electron chi connectivity index (χ4n) is 5.06. The average molecular weight is 688 g/mol. The number of benzene rings is 2. The molecule has 0 amide bonds. The zero-order chi connectivity index (χ0) is 33.6. The maximum atomic E-state index is 14.8. The normalized spacial score (nSPS) is 13.9. The van der Waals surface area contributed by atoms with Gasteiger partial charge in [-0.1, -0.05) is 35.3 Å². The molecule has 0 aliphatic carbocycles. The Morgan fingerprint density at radius 1 is 1.17 bits per heavy atom. The van der Waals surface area contributed by atoms with E-state index < -0.39 is 11.8 Å². The summed E-state index contributed by atoms with van der Waals surface area (Å²) in [5.41, 5.74) is 2.30. The number of hydrogen-bond acceptors (Lipinski definition) is 12. The molecule has 11 nitrogen and oxygen atoms in total. The summed E-state index contributed by atoms with van der Waals surface area (Å²) in [4.78, 5) is 25.5. The van der Waals surface area contributed by atoms with E-state index in [1.807, 2.05) is 44.2 Å². The van der Waals surface area contributed by atoms with Crippen molar-refractivity contribution in [3.63, 3.8) is 0 Å². The highest BCUT2D eigenvalue weighted by Gasteiger charge is 2.21. The minimum absolute atomic E-state index is 0.0268. The van der Waals surface area contributed by atoms with Crippen LogP contribution in [-0.2, 0) is 11.2 Å². The van der Waals surface area contributed by atoms with Gasteiger partial charge in [0.25, 0.3) is 0 Å². The zero-order valence-corrected chi connectivity index (χ0v) is 28.3. The van der Waals surface area contributed by atoms with Gasteiger partial charge in [0.15, 0.2) is 39.2 Å². The van der Waals surface area contributed by atoms with Gasteiger partial charge < -0.3 is 24.8 Å². The minimum atomic E-state index is -1.12. The first kappa shape index (κ1) is 33.2. The molecule has 2 N–H and O–H groups in total. The molecule has 248 valence electrons. The van der Waals surface area contributed by atoms with Crippen molar-refractivity contribution in [3.05, 3.63) is 76.0 Å². The van der Waals surface area contributed by atoms with Gasteiger partial charge in [-0.3, -0.25) is 4.90 Å². The molecular weight excluding hydrogens is 654 g/mol. The third-order valence-corrected chi connectivity index (χ3v) is 9.91. The summed E-state index contributed by atoms with van der Waals surface area (Å²) in [7, 11) is 1.77. The number of fused-ring (bicyclic) bond motifs is 1. The highest BCUT2D eigenvalue weighted by Crippen LogP contribution is 2.33. The minimum Gasteiger partial charge on any atom is -0.491 e. The first-order valence-corrected chi connectivity index (χ1v) is 17.1. The van der Waals surface area contributed by atoms with Gasteiger partial charge in [-0.25, -0.2) is 19.2 Å². The van der Waals surface area contributed by atoms with Crippen LogP contribution in [0.25, 0.3) is 10.2 Å². The van der Waals surface area contributed by atoms with E-state index in [1.165, 1.54) is 28.7 Å². The molecule has 1 unspecified atom stereocenters. The van der Waals surface area contributed by atoms with Gasteiger partial charge >= 0.3 is 5.97 Å². The van der Waals surface area contributed by atoms with E-state index in [0.717, 1.165) is 28.9 Å². The second-order valence-electron chi connectivity index (χ2n) is 11.2. The first-order valence-electron chi connectivity index (χ1n) is 15.4. The maximum Gasteiger partial charge on any atom is 0.355 e. The number of rotatable bonds is 11. The van der Waals surface area contributed by atoms with E-state index in [2.05, 4.69) is 42.2 Å². The Kier molecular flexibility index (Phi) is 10.4. The predicted octanol–water partition coefficient (Wildman–Crippen LogP) is 6.28. The summed E-state index contributed by atoms with van der Waals surface area (Å²) < 4.78 is 26.9. The van der Waals surface area contributed by atoms with Crippen LogP contribution in [0.4, 0.5) is 26.3 Å². The van der Waals surface area contributed by atoms with Gasteiger partial charge in [-0.2, -0.15) is 0 Å². The van der Waals surface area contributed by atoms with Gasteiger partial charge in [0.05, 0.1) is 36.1 Å². The lowest BCUT2D eigenvalue weighted by Crippen LogP contribution is -2.41. The van der Waals surface area contributed by atoms with Crippen molar-refractivity contribution in [2.75, 3.05) is 50.2 Å². The standard InChI is InChI=1S/C34H34FN7O4S2/c1-21-19-29(39-40-31(21)38-33-36-25-7-4-5-8-27(25)47-33)41(3)34-37-30(32(43)44)28(48-34)9-6-16-46-26-13-12-23(20-24(26)35)11-10-22(2)42-14-17-45-18-15-42/h4-5,7-8,12-13,19-20,22H,6,9,14-18H2,1-3H3,(H,43,44)(H,36,38,40). The molecule has 3 aromatic heterocycles. The number of nitrogens with zero attached hydrogens (tertiary/aromatic N) is 6. The number of aromatic nitrogens is 4. The average Bonchev–Trinajstić information content (AvgIpc) is 3.71. The number of para-hydroxylation sites is 1. The molecule has 0 radical (unpaired) electrons. The molecule has 1 saturated heterocycles. The molecule has 2 aromatic carbocycles. The van der Waals surface area contributed by atoms with E-state index in [1.54, 1.807) is 24.1 Å². The molecule has 6 rings (SSSR count). The van der Waals surface area contributed by atoms with Gasteiger partial charge in [0, 0.05) is 30.6 Å². The van der Waals surface area contributed by atoms with Crippen molar-refractivity contribution >= 4 is 60.8 Å². The molecule has 0 spiro atoms. The number of morpholine rings is 1. The summed E-state index contributed by atoms with van der Waals surface area (Å²) in [6.45, 7) is 7.19. The largest absolute Gasteiger partial charge is 0.491 e. The smallest absolute Gasteiger partial charge is 0.355 e. The third kappa shape index (κ3) is 7.88. The highest BCUT2D eigenvalue weighted by atomic mass is 32.1. The molecule has 1 fully saturated rings. The molecule has 1 aliphatic rings. The first-order chi connectivity index (χ1) is 23.2. The van der Waals surface area contributed by atoms with E-state index in [0.29, 0.717) is 58.4 Å². The molecule has 1 atom stereocenters. The summed E-state index contributed by atoms with van der Waals surface area (Å²) in [6, 6.07) is 14.5. The van der Waals surface area contributed by atoms with Gasteiger partial charge in [0.1, 0.15) is 0 Å². The fraction of sp³-hybridized carbons (Fsp3) is 0.324. The second-order valence-corrected chi connectivity index (χ2v) is 13.3. The van der Waals surface area contributed by atoms with Crippen molar-refractivity contribution in [2.45, 2.75) is 32.7 Å². The lowest BCUT2D eigenvalue weighted by Gasteiger charge is -2.29. The molecule has 0 bridgehead atoms. The predicted molar refractivity (Wildman–Crippen MR) is 186 cm³/mol. The van der Waals surface area contributed by atoms with E-state index in [-0.39, 0.29) is 24.1 Å². The van der Waals surface area contributed by atoms with Gasteiger partial charge in [-0.15, -0.1) is 21.5 Å². The van der Waals surface area contributed by atoms with Crippen molar-refractivity contribution in [2.24, 2.45) is 0 Å². The number of carboxylic acid groups (broad SMARTS) is 1. The van der Waals surface area contributed by atoms with Crippen LogP contribution in [-0.4, -0.2) is 82.1 Å². The number of anilines is 4. The Bertz CT molecular complexity index is 1950. The van der Waals surface area contributed by atoms with Crippen LogP contribution in [0, 0.1) is 24.6 Å². The molecular formula is C34H34FN7O4S2. The fourth-order valence-corrected chi connectivity index (χ4v) is 6.99. The lowest BCUT2D eigenvalue weighted by molar-refractivity contribution is 0.0302. The van der Waals surface area contributed by atoms with Crippen LogP contribution < -0.4 is 15.0 Å². The summed E-state index contributed by atoms with van der Waals surface area (Å²) in [5.74, 6) is 5.84. The van der Waals surface area contributed by atoms with E-state index in [9.17, 15) is 14.3 Å². The van der Waals surface area contributed by atoms with Crippen molar-refractivity contribution in [1.82, 2.24) is 25.1 Å². The Hall–Kier alpha value is -4.68. The van der Waals surface area contributed by atoms with Crippen LogP contribution in [0.2, 0.25) is 0 Å². The maximum absolute atomic E-state index is 14.8. The van der Waals surface area contributed by atoms with Gasteiger partial charge in [-0.05, 0) is 68.7 Å². The Balaban J connectivity index is 1.05. The number of aryl methyl sites for hydroxylation is 2. The summed E-state index contributed by atoms with van der Waals surface area (Å²) in [5, 5.41) is 23.0. The lowest BCUT2D eigenvalue weighted by atomic mass is 10.2. The van der Waals surface area contributed by atoms with Crippen molar-refractivity contribution in [1.29, 1.82) is 0 Å². The molecule has 1 aliphatic heterocycles. The molecule has 48 heavy (non-hydrogen) atoms. The van der Waals surface area contributed by atoms with E-state index >= 15 is 0 Å². The van der Waals surface area contributed by atoms with Crippen LogP contribution >= 0.6 is 22.7 Å². The highest BCUT2D eigenvalue weighted by molar-refractivity contribution is 7.22. The quantitative estimate of drug-likeness (QED) is 0.120. The monoisotopic (exact) mass is 687 g/mol. The Morgan fingerprint density at radius 3 is 2.73 bits per heavy atom. The number of aromatic carboxylic acids is 1. The SMILES string of the molecule is Cc1cc(N(C)c2nc(C(=O)O)c(CCCOc3ccc(C#CC(C)N4CCOCC4)cc3F)s2)nnc1Nc1nc2ccccc2s1. The summed E-state index contributed by atoms with van der Waals surface area (Å²) in [6.07, 6.45) is 0.863. The number of halogens is 1. The third-order valence-electron chi connectivity index (χ3n) is 7.77. The molecule has 5 aromatic rings. The molecule has 0 saturated carbocycles. The van der Waals surface area contributed by atoms with Crippen LogP contribution in [0.15, 0.2) is 48.5 Å². The molecule has 4 heterocycles. The van der Waals surface area contributed by atoms with Crippen molar-refractivity contribution in [3.8, 4) is 17.6 Å². The number of hydrogen-bond donors (Lipinski definition) is 2. The van der Waals surface area contributed by atoms with Crippen LogP contribution in [0.1, 0.15) is 39.8 Å². The number of thiazole rings is 2. The molecule has 14 heteroatoms. The topological polar surface area (TPSA) is 126 Å². The zero-order valence-electron chi connectivity index (χ0n) is 26.7. The Labute approximate surface area is 285 Å². The van der Waals surface area contributed by atoms with E-state index in [4.69, 9.17) is 9.47 Å².